The third kappa shape index (κ3) is 4.04. The van der Waals surface area contributed by atoms with Crippen LogP contribution in [0.5, 0.6) is 11.5 Å². The maximum absolute atomic E-state index is 13.4. The van der Waals surface area contributed by atoms with Crippen LogP contribution in [0, 0.1) is 11.7 Å². The van der Waals surface area contributed by atoms with Crippen LogP contribution < -0.4 is 4.74 Å². The van der Waals surface area contributed by atoms with Crippen LogP contribution in [0.4, 0.5) is 17.6 Å². The lowest BCUT2D eigenvalue weighted by Crippen LogP contribution is -2.05. The molecule has 0 unspecified atom stereocenters. The van der Waals surface area contributed by atoms with E-state index >= 15 is 0 Å². The number of rotatable bonds is 3. The van der Waals surface area contributed by atoms with Gasteiger partial charge in [0.05, 0.1) is 6.10 Å². The summed E-state index contributed by atoms with van der Waals surface area (Å²) in [4.78, 5) is -0.0519. The van der Waals surface area contributed by atoms with Crippen LogP contribution in [0.3, 0.4) is 0 Å². The lowest BCUT2D eigenvalue weighted by Gasteiger charge is -2.16. The molecule has 0 spiro atoms. The van der Waals surface area contributed by atoms with Crippen LogP contribution in [0.15, 0.2) is 35.2 Å². The Hall–Kier alpha value is -1.44. The molecule has 0 amide bonds. The predicted octanol–water partition coefficient (Wildman–Crippen LogP) is 6.11. The largest absolute Gasteiger partial charge is 0.457 e. The normalized spacial score (nSPS) is 19.8. The summed E-state index contributed by atoms with van der Waals surface area (Å²) in [6, 6.07) is 6.31. The lowest BCUT2D eigenvalue weighted by molar-refractivity contribution is -0.0329. The van der Waals surface area contributed by atoms with Gasteiger partial charge in [-0.3, -0.25) is 0 Å². The van der Waals surface area contributed by atoms with Crippen molar-refractivity contribution in [2.45, 2.75) is 29.9 Å². The van der Waals surface area contributed by atoms with Gasteiger partial charge < -0.3 is 9.84 Å². The molecule has 25 heavy (non-hydrogen) atoms. The second-order valence-corrected chi connectivity index (χ2v) is 7.38. The van der Waals surface area contributed by atoms with E-state index in [1.165, 1.54) is 18.2 Å². The first-order valence-electron chi connectivity index (χ1n) is 7.37. The molecular weight excluding hydrogens is 380 g/mol. The Kier molecular flexibility index (Phi) is 4.92. The van der Waals surface area contributed by atoms with E-state index in [-0.39, 0.29) is 44.7 Å². The van der Waals surface area contributed by atoms with Crippen molar-refractivity contribution in [3.8, 4) is 11.5 Å². The highest BCUT2D eigenvalue weighted by Gasteiger charge is 2.37. The van der Waals surface area contributed by atoms with Gasteiger partial charge in [0.2, 0.25) is 0 Å². The molecule has 1 N–H and O–H groups in total. The molecule has 2 atom stereocenters. The number of ether oxygens (including phenoxy) is 1. The Bertz CT molecular complexity index is 790. The number of aliphatic hydroxyl groups is 1. The molecule has 0 aliphatic heterocycles. The number of aliphatic hydroxyl groups excluding tert-OH is 1. The second-order valence-electron chi connectivity index (χ2n) is 5.84. The van der Waals surface area contributed by atoms with Gasteiger partial charge in [0.25, 0.3) is 0 Å². The number of hydrogen-bond donors (Lipinski definition) is 1. The van der Waals surface area contributed by atoms with E-state index in [1.807, 2.05) is 0 Å². The van der Waals surface area contributed by atoms with Crippen LogP contribution in [0.25, 0.3) is 0 Å². The molecule has 1 aliphatic rings. The standard InChI is InChI=1S/C17H13ClF4O2S/c1-8-4-12-13(24-11-6-9(18)5-10(19)7-11)2-3-14(15(12)16(8)23)25-17(20,21)22/h2-3,5-8,16,23H,4H2,1H3/t8-,16-/m1/s1. The van der Waals surface area contributed by atoms with Crippen molar-refractivity contribution in [1.82, 2.24) is 0 Å². The van der Waals surface area contributed by atoms with Gasteiger partial charge in [0, 0.05) is 27.1 Å². The topological polar surface area (TPSA) is 29.5 Å². The van der Waals surface area contributed by atoms with E-state index in [1.54, 1.807) is 6.92 Å². The van der Waals surface area contributed by atoms with Crippen molar-refractivity contribution in [2.75, 3.05) is 0 Å². The average Bonchev–Trinajstić information content (AvgIpc) is 2.76. The van der Waals surface area contributed by atoms with Gasteiger partial charge in [-0.05, 0) is 48.4 Å². The molecular formula is C17H13ClF4O2S. The molecule has 8 heteroatoms. The molecule has 0 fully saturated rings. The highest BCUT2D eigenvalue weighted by atomic mass is 35.5. The molecule has 0 aromatic heterocycles. The summed E-state index contributed by atoms with van der Waals surface area (Å²) in [6.07, 6.45) is -0.652. The first kappa shape index (κ1) is 18.4. The maximum Gasteiger partial charge on any atom is 0.446 e. The van der Waals surface area contributed by atoms with Gasteiger partial charge in [-0.25, -0.2) is 4.39 Å². The summed E-state index contributed by atoms with van der Waals surface area (Å²) in [5.41, 5.74) is -3.75. The van der Waals surface area contributed by atoms with Crippen LogP contribution in [-0.4, -0.2) is 10.6 Å². The van der Waals surface area contributed by atoms with Crippen LogP contribution in [0.2, 0.25) is 5.02 Å². The van der Waals surface area contributed by atoms with Crippen LogP contribution in [0.1, 0.15) is 24.2 Å². The zero-order valence-corrected chi connectivity index (χ0v) is 14.5. The van der Waals surface area contributed by atoms with Gasteiger partial charge >= 0.3 is 5.51 Å². The summed E-state index contributed by atoms with van der Waals surface area (Å²) < 4.78 is 57.4. The van der Waals surface area contributed by atoms with E-state index in [9.17, 15) is 22.7 Å². The molecule has 0 heterocycles. The number of fused-ring (bicyclic) bond motifs is 1. The molecule has 134 valence electrons. The molecule has 0 saturated carbocycles. The molecule has 2 aromatic carbocycles. The van der Waals surface area contributed by atoms with Gasteiger partial charge in [-0.15, -0.1) is 0 Å². The Morgan fingerprint density at radius 3 is 2.60 bits per heavy atom. The van der Waals surface area contributed by atoms with E-state index in [2.05, 4.69) is 0 Å². The third-order valence-electron chi connectivity index (χ3n) is 3.92. The number of thioether (sulfide) groups is 1. The van der Waals surface area contributed by atoms with E-state index in [0.717, 1.165) is 12.1 Å². The Morgan fingerprint density at radius 1 is 1.24 bits per heavy atom. The summed E-state index contributed by atoms with van der Waals surface area (Å²) in [5, 5.41) is 10.4. The average molecular weight is 393 g/mol. The van der Waals surface area contributed by atoms with Crippen molar-refractivity contribution in [2.24, 2.45) is 5.92 Å². The molecule has 3 rings (SSSR count). The highest BCUT2D eigenvalue weighted by molar-refractivity contribution is 8.00. The number of benzene rings is 2. The van der Waals surface area contributed by atoms with Crippen molar-refractivity contribution < 1.29 is 27.4 Å². The van der Waals surface area contributed by atoms with Crippen LogP contribution in [-0.2, 0) is 6.42 Å². The van der Waals surface area contributed by atoms with Crippen molar-refractivity contribution in [3.05, 3.63) is 52.3 Å². The molecule has 0 radical (unpaired) electrons. The number of hydrogen-bond acceptors (Lipinski definition) is 3. The fourth-order valence-electron chi connectivity index (χ4n) is 2.90. The zero-order valence-electron chi connectivity index (χ0n) is 12.9. The predicted molar refractivity (Wildman–Crippen MR) is 87.7 cm³/mol. The summed E-state index contributed by atoms with van der Waals surface area (Å²) >= 11 is 5.52. The fourth-order valence-corrected chi connectivity index (χ4v) is 3.85. The van der Waals surface area contributed by atoms with E-state index < -0.39 is 17.4 Å². The third-order valence-corrected chi connectivity index (χ3v) is 4.95. The first-order valence-corrected chi connectivity index (χ1v) is 8.57. The molecule has 2 aromatic rings. The van der Waals surface area contributed by atoms with Crippen molar-refractivity contribution in [1.29, 1.82) is 0 Å². The van der Waals surface area contributed by atoms with Gasteiger partial charge in [0.1, 0.15) is 17.3 Å². The number of halogens is 5. The fraction of sp³-hybridized carbons (Fsp3) is 0.294. The van der Waals surface area contributed by atoms with Gasteiger partial charge in [-0.1, -0.05) is 18.5 Å². The second kappa shape index (κ2) is 6.70. The molecule has 2 nitrogen and oxygen atoms in total. The minimum Gasteiger partial charge on any atom is -0.457 e. The van der Waals surface area contributed by atoms with Crippen molar-refractivity contribution >= 4 is 23.4 Å². The van der Waals surface area contributed by atoms with Gasteiger partial charge in [0.15, 0.2) is 0 Å². The van der Waals surface area contributed by atoms with E-state index in [0.29, 0.717) is 12.0 Å². The van der Waals surface area contributed by atoms with Gasteiger partial charge in [-0.2, -0.15) is 13.2 Å². The van der Waals surface area contributed by atoms with Crippen molar-refractivity contribution in [3.63, 3.8) is 0 Å². The SMILES string of the molecule is C[C@@H]1Cc2c(Oc3cc(F)cc(Cl)c3)ccc(SC(F)(F)F)c2[C@@H]1O. The smallest absolute Gasteiger partial charge is 0.446 e. The maximum atomic E-state index is 13.4. The first-order chi connectivity index (χ1) is 11.6. The minimum atomic E-state index is -4.46. The Balaban J connectivity index is 2.02. The summed E-state index contributed by atoms with van der Waals surface area (Å²) in [5.74, 6) is -0.413. The minimum absolute atomic E-state index is 0.0519. The molecule has 0 bridgehead atoms. The highest BCUT2D eigenvalue weighted by Crippen LogP contribution is 2.49. The Labute approximate surface area is 150 Å². The Morgan fingerprint density at radius 2 is 1.96 bits per heavy atom. The summed E-state index contributed by atoms with van der Waals surface area (Å²) in [6.45, 7) is 1.75. The van der Waals surface area contributed by atoms with E-state index in [4.69, 9.17) is 16.3 Å². The quantitative estimate of drug-likeness (QED) is 0.505. The number of alkyl halides is 3. The zero-order chi connectivity index (χ0) is 18.4. The molecule has 1 aliphatic carbocycles. The summed E-state index contributed by atoms with van der Waals surface area (Å²) in [7, 11) is 0. The molecule has 0 saturated heterocycles. The lowest BCUT2D eigenvalue weighted by atomic mass is 10.1. The monoisotopic (exact) mass is 392 g/mol. The van der Waals surface area contributed by atoms with Crippen LogP contribution >= 0.6 is 23.4 Å².